The molecule has 20 heavy (non-hydrogen) atoms. The second-order valence-electron chi connectivity index (χ2n) is 4.69. The molecule has 6 heteroatoms. The van der Waals surface area contributed by atoms with Crippen LogP contribution in [0.1, 0.15) is 18.6 Å². The van der Waals surface area contributed by atoms with Crippen LogP contribution in [0.15, 0.2) is 24.3 Å². The van der Waals surface area contributed by atoms with Gasteiger partial charge in [-0.3, -0.25) is 4.79 Å². The summed E-state index contributed by atoms with van der Waals surface area (Å²) in [6.45, 7) is 1.94. The highest BCUT2D eigenvalue weighted by Gasteiger charge is 2.18. The molecular weight excluding hydrogens is 260 g/mol. The number of hydrogen-bond acceptors (Lipinski definition) is 5. The molecule has 1 amide bonds. The highest BCUT2D eigenvalue weighted by atomic mass is 16.3. The Morgan fingerprint density at radius 3 is 2.40 bits per heavy atom. The first-order valence-electron chi connectivity index (χ1n) is 6.48. The van der Waals surface area contributed by atoms with E-state index in [1.807, 2.05) is 11.9 Å². The molecule has 1 rings (SSSR count). The molecule has 0 heterocycles. The highest BCUT2D eigenvalue weighted by Crippen LogP contribution is 2.20. The Hall–Kier alpha value is -1.63. The first kappa shape index (κ1) is 16.4. The van der Waals surface area contributed by atoms with Gasteiger partial charge in [-0.05, 0) is 17.7 Å². The number of anilines is 1. The number of benzene rings is 1. The minimum absolute atomic E-state index is 0.00265. The third-order valence-electron chi connectivity index (χ3n) is 3.04. The normalized spacial score (nSPS) is 13.7. The number of carbonyl (C=O) groups is 1. The van der Waals surface area contributed by atoms with Crippen molar-refractivity contribution < 1.29 is 20.1 Å². The fourth-order valence-electron chi connectivity index (χ4n) is 1.79. The third-order valence-corrected chi connectivity index (χ3v) is 3.04. The Bertz CT molecular complexity index is 422. The molecular formula is C14H22N2O4. The number of nitrogens with zero attached hydrogens (tertiary/aromatic N) is 1. The van der Waals surface area contributed by atoms with Gasteiger partial charge in [0.25, 0.3) is 0 Å². The van der Waals surface area contributed by atoms with Gasteiger partial charge in [-0.15, -0.1) is 0 Å². The van der Waals surface area contributed by atoms with Crippen molar-refractivity contribution in [2.24, 2.45) is 0 Å². The highest BCUT2D eigenvalue weighted by molar-refractivity contribution is 5.72. The summed E-state index contributed by atoms with van der Waals surface area (Å²) in [5.41, 5.74) is 1.48. The van der Waals surface area contributed by atoms with Crippen LogP contribution in [-0.2, 0) is 4.79 Å². The lowest BCUT2D eigenvalue weighted by atomic mass is 10.0. The van der Waals surface area contributed by atoms with Crippen molar-refractivity contribution in [1.29, 1.82) is 0 Å². The van der Waals surface area contributed by atoms with Gasteiger partial charge in [-0.1, -0.05) is 12.1 Å². The molecule has 4 N–H and O–H groups in total. The van der Waals surface area contributed by atoms with Gasteiger partial charge in [0.2, 0.25) is 5.91 Å². The van der Waals surface area contributed by atoms with E-state index < -0.39 is 12.2 Å². The zero-order valence-electron chi connectivity index (χ0n) is 11.8. The maximum atomic E-state index is 10.8. The monoisotopic (exact) mass is 282 g/mol. The summed E-state index contributed by atoms with van der Waals surface area (Å²) in [5, 5.41) is 31.1. The quantitative estimate of drug-likeness (QED) is 0.548. The number of hydrogen-bond donors (Lipinski definition) is 4. The minimum atomic E-state index is -1.06. The average molecular weight is 282 g/mol. The summed E-state index contributed by atoms with van der Waals surface area (Å²) in [4.78, 5) is 12.6. The Morgan fingerprint density at radius 2 is 1.90 bits per heavy atom. The Labute approximate surface area is 118 Å². The summed E-state index contributed by atoms with van der Waals surface area (Å²) < 4.78 is 0. The van der Waals surface area contributed by atoms with Crippen LogP contribution >= 0.6 is 0 Å². The van der Waals surface area contributed by atoms with Gasteiger partial charge in [-0.2, -0.15) is 0 Å². The molecule has 0 radical (unpaired) electrons. The van der Waals surface area contributed by atoms with Crippen molar-refractivity contribution in [3.8, 4) is 0 Å². The maximum Gasteiger partial charge on any atom is 0.216 e. The molecule has 0 saturated heterocycles. The summed E-state index contributed by atoms with van der Waals surface area (Å²) in [7, 11) is 1.85. The number of likely N-dealkylation sites (N-methyl/N-ethyl adjacent to an activating group) is 1. The van der Waals surface area contributed by atoms with E-state index in [1.54, 1.807) is 24.3 Å². The van der Waals surface area contributed by atoms with Crippen LogP contribution in [0.5, 0.6) is 0 Å². The second-order valence-corrected chi connectivity index (χ2v) is 4.69. The maximum absolute atomic E-state index is 10.8. The number of aliphatic hydroxyl groups is 3. The van der Waals surface area contributed by atoms with E-state index in [9.17, 15) is 15.0 Å². The fourth-order valence-corrected chi connectivity index (χ4v) is 1.79. The Kier molecular flexibility index (Phi) is 6.44. The van der Waals surface area contributed by atoms with Gasteiger partial charge in [0, 0.05) is 32.7 Å². The summed E-state index contributed by atoms with van der Waals surface area (Å²) in [6.07, 6.45) is -2.11. The van der Waals surface area contributed by atoms with E-state index in [2.05, 4.69) is 5.32 Å². The topological polar surface area (TPSA) is 93.0 Å². The van der Waals surface area contributed by atoms with Crippen LogP contribution in [0.3, 0.4) is 0 Å². The van der Waals surface area contributed by atoms with Crippen molar-refractivity contribution in [2.45, 2.75) is 19.1 Å². The smallest absolute Gasteiger partial charge is 0.216 e. The zero-order chi connectivity index (χ0) is 15.1. The van der Waals surface area contributed by atoms with Crippen LogP contribution in [0, 0.1) is 0 Å². The lowest BCUT2D eigenvalue weighted by Gasteiger charge is -2.21. The molecule has 2 unspecified atom stereocenters. The molecule has 0 fully saturated rings. The van der Waals surface area contributed by atoms with Gasteiger partial charge in [0.05, 0.1) is 6.61 Å². The Morgan fingerprint density at radius 1 is 1.30 bits per heavy atom. The van der Waals surface area contributed by atoms with E-state index >= 15 is 0 Å². The third kappa shape index (κ3) is 4.80. The molecule has 0 bridgehead atoms. The minimum Gasteiger partial charge on any atom is -0.395 e. The van der Waals surface area contributed by atoms with Crippen molar-refractivity contribution in [3.05, 3.63) is 29.8 Å². The van der Waals surface area contributed by atoms with Crippen molar-refractivity contribution in [1.82, 2.24) is 5.32 Å². The molecule has 2 atom stereocenters. The molecule has 0 saturated carbocycles. The number of rotatable bonds is 7. The summed E-state index contributed by atoms with van der Waals surface area (Å²) >= 11 is 0. The molecule has 0 aliphatic heterocycles. The lowest BCUT2D eigenvalue weighted by molar-refractivity contribution is -0.119. The average Bonchev–Trinajstić information content (AvgIpc) is 2.44. The molecule has 0 aromatic heterocycles. The van der Waals surface area contributed by atoms with Crippen LogP contribution in [-0.4, -0.2) is 54.1 Å². The molecule has 0 aliphatic carbocycles. The van der Waals surface area contributed by atoms with Crippen LogP contribution in [0.4, 0.5) is 5.69 Å². The largest absolute Gasteiger partial charge is 0.395 e. The standard InChI is InChI=1S/C14H22N2O4/c1-10(18)15-9-13(19)14(20)11-3-5-12(6-4-11)16(2)7-8-17/h3-6,13-14,17,19-20H,7-9H2,1-2H3,(H,15,18). The number of aliphatic hydroxyl groups excluding tert-OH is 3. The Balaban J connectivity index is 2.65. The van der Waals surface area contributed by atoms with Crippen LogP contribution < -0.4 is 10.2 Å². The first-order chi connectivity index (χ1) is 9.45. The van der Waals surface area contributed by atoms with E-state index in [0.29, 0.717) is 12.1 Å². The zero-order valence-corrected chi connectivity index (χ0v) is 11.8. The van der Waals surface area contributed by atoms with Gasteiger partial charge < -0.3 is 25.5 Å². The molecule has 1 aromatic carbocycles. The molecule has 0 spiro atoms. The SMILES string of the molecule is CC(=O)NCC(O)C(O)c1ccc(N(C)CCO)cc1. The first-order valence-corrected chi connectivity index (χ1v) is 6.48. The van der Waals surface area contributed by atoms with Crippen molar-refractivity contribution >= 4 is 11.6 Å². The lowest BCUT2D eigenvalue weighted by Crippen LogP contribution is -2.34. The van der Waals surface area contributed by atoms with Gasteiger partial charge in [0.1, 0.15) is 12.2 Å². The van der Waals surface area contributed by atoms with E-state index in [4.69, 9.17) is 5.11 Å². The number of amides is 1. The summed E-state index contributed by atoms with van der Waals surface area (Å²) in [5.74, 6) is -0.253. The molecule has 1 aromatic rings. The predicted molar refractivity (Wildman–Crippen MR) is 76.4 cm³/mol. The van der Waals surface area contributed by atoms with Crippen molar-refractivity contribution in [2.75, 3.05) is 31.6 Å². The molecule has 0 aliphatic rings. The fraction of sp³-hybridized carbons (Fsp3) is 0.500. The van der Waals surface area contributed by atoms with E-state index in [-0.39, 0.29) is 19.1 Å². The van der Waals surface area contributed by atoms with Gasteiger partial charge in [0.15, 0.2) is 0 Å². The van der Waals surface area contributed by atoms with Crippen LogP contribution in [0.25, 0.3) is 0 Å². The molecule has 6 nitrogen and oxygen atoms in total. The summed E-state index contributed by atoms with van der Waals surface area (Å²) in [6, 6.07) is 7.04. The van der Waals surface area contributed by atoms with Gasteiger partial charge in [-0.25, -0.2) is 0 Å². The van der Waals surface area contributed by atoms with Crippen molar-refractivity contribution in [3.63, 3.8) is 0 Å². The second kappa shape index (κ2) is 7.84. The van der Waals surface area contributed by atoms with Crippen LogP contribution in [0.2, 0.25) is 0 Å². The number of nitrogens with one attached hydrogen (secondary N) is 1. The molecule has 112 valence electrons. The van der Waals surface area contributed by atoms with Gasteiger partial charge >= 0.3 is 0 Å². The van der Waals surface area contributed by atoms with E-state index in [0.717, 1.165) is 5.69 Å². The van der Waals surface area contributed by atoms with E-state index in [1.165, 1.54) is 6.92 Å². The predicted octanol–water partition coefficient (Wildman–Crippen LogP) is -0.355. The number of carbonyl (C=O) groups excluding carboxylic acids is 1.